The van der Waals surface area contributed by atoms with E-state index in [-0.39, 0.29) is 6.03 Å². The number of carbonyl (C=O) groups is 1. The van der Waals surface area contributed by atoms with Crippen LogP contribution in [0.5, 0.6) is 0 Å². The Kier molecular flexibility index (Phi) is 6.41. The average molecular weight is 497 g/mol. The molecule has 182 valence electrons. The summed E-state index contributed by atoms with van der Waals surface area (Å²) in [4.78, 5) is 21.1. The first kappa shape index (κ1) is 23.9. The number of thioether (sulfide) groups is 1. The SMILES string of the molecule is CSc1ccc(C2NC(=O)N(c3cc(C)cc(C)c3)C(C)=C2c2nc(-c3cccc(C)c3)no2)cc1. The smallest absolute Gasteiger partial charge is 0.326 e. The summed E-state index contributed by atoms with van der Waals surface area (Å²) < 4.78 is 5.83. The second kappa shape index (κ2) is 9.66. The molecule has 0 spiro atoms. The molecule has 3 aromatic carbocycles. The van der Waals surface area contributed by atoms with Gasteiger partial charge < -0.3 is 9.84 Å². The van der Waals surface area contributed by atoms with Crippen molar-refractivity contribution in [3.63, 3.8) is 0 Å². The van der Waals surface area contributed by atoms with E-state index >= 15 is 0 Å². The third-order valence-electron chi connectivity index (χ3n) is 6.33. The molecule has 0 radical (unpaired) electrons. The third-order valence-corrected chi connectivity index (χ3v) is 7.07. The highest BCUT2D eigenvalue weighted by Crippen LogP contribution is 2.39. The first-order chi connectivity index (χ1) is 17.3. The van der Waals surface area contributed by atoms with Crippen molar-refractivity contribution in [2.75, 3.05) is 11.2 Å². The molecule has 0 saturated heterocycles. The molecule has 0 aliphatic carbocycles. The normalized spacial score (nSPS) is 15.9. The highest BCUT2D eigenvalue weighted by Gasteiger charge is 2.36. The van der Waals surface area contributed by atoms with Gasteiger partial charge in [-0.3, -0.25) is 4.90 Å². The Hall–Kier alpha value is -3.84. The Balaban J connectivity index is 1.66. The molecule has 1 aliphatic heterocycles. The number of aryl methyl sites for hydroxylation is 3. The number of nitrogens with zero attached hydrogens (tertiary/aromatic N) is 3. The van der Waals surface area contributed by atoms with Crippen LogP contribution >= 0.6 is 11.8 Å². The maximum absolute atomic E-state index is 13.5. The highest BCUT2D eigenvalue weighted by atomic mass is 32.2. The van der Waals surface area contributed by atoms with Crippen LogP contribution in [0.25, 0.3) is 17.0 Å². The number of nitrogens with one attached hydrogen (secondary N) is 1. The minimum absolute atomic E-state index is 0.196. The van der Waals surface area contributed by atoms with Crippen molar-refractivity contribution in [1.29, 1.82) is 0 Å². The van der Waals surface area contributed by atoms with Gasteiger partial charge in [-0.2, -0.15) is 4.98 Å². The van der Waals surface area contributed by atoms with Crippen molar-refractivity contribution in [2.24, 2.45) is 0 Å². The Morgan fingerprint density at radius 2 is 1.64 bits per heavy atom. The fourth-order valence-electron chi connectivity index (χ4n) is 4.69. The minimum atomic E-state index is -0.429. The quantitative estimate of drug-likeness (QED) is 0.299. The van der Waals surface area contributed by atoms with Gasteiger partial charge in [0.2, 0.25) is 5.82 Å². The average Bonchev–Trinajstić information content (AvgIpc) is 3.33. The minimum Gasteiger partial charge on any atom is -0.334 e. The van der Waals surface area contributed by atoms with Gasteiger partial charge in [-0.05, 0) is 81.0 Å². The van der Waals surface area contributed by atoms with E-state index in [2.05, 4.69) is 28.7 Å². The van der Waals surface area contributed by atoms with Crippen LogP contribution in [0.2, 0.25) is 0 Å². The lowest BCUT2D eigenvalue weighted by Gasteiger charge is -2.35. The van der Waals surface area contributed by atoms with Gasteiger partial charge in [-0.1, -0.05) is 47.1 Å². The largest absolute Gasteiger partial charge is 0.334 e. The standard InChI is InChI=1S/C29H28N4O2S/c1-17-7-6-8-22(14-17)27-31-28(35-32-27)25-20(4)33(23-15-18(2)13-19(3)16-23)29(34)30-26(25)21-9-11-24(36-5)12-10-21/h6-16,26H,1-5H3,(H,30,34). The van der Waals surface area contributed by atoms with E-state index < -0.39 is 6.04 Å². The summed E-state index contributed by atoms with van der Waals surface area (Å²) in [6.45, 7) is 8.02. The van der Waals surface area contributed by atoms with Gasteiger partial charge in [0.05, 0.1) is 17.3 Å². The Morgan fingerprint density at radius 1 is 0.917 bits per heavy atom. The summed E-state index contributed by atoms with van der Waals surface area (Å²) in [6, 6.07) is 21.7. The van der Waals surface area contributed by atoms with Gasteiger partial charge in [0, 0.05) is 16.2 Å². The van der Waals surface area contributed by atoms with Crippen LogP contribution in [0.3, 0.4) is 0 Å². The van der Waals surface area contributed by atoms with Gasteiger partial charge in [0.1, 0.15) is 0 Å². The molecular weight excluding hydrogens is 468 g/mol. The molecule has 0 saturated carbocycles. The predicted molar refractivity (Wildman–Crippen MR) is 145 cm³/mol. The first-order valence-corrected chi connectivity index (χ1v) is 13.0. The van der Waals surface area contributed by atoms with Gasteiger partial charge >= 0.3 is 6.03 Å². The summed E-state index contributed by atoms with van der Waals surface area (Å²) in [5, 5.41) is 7.47. The number of rotatable bonds is 5. The van der Waals surface area contributed by atoms with Crippen molar-refractivity contribution >= 4 is 29.1 Å². The van der Waals surface area contributed by atoms with Crippen LogP contribution in [0.4, 0.5) is 10.5 Å². The predicted octanol–water partition coefficient (Wildman–Crippen LogP) is 7.09. The molecule has 2 heterocycles. The van der Waals surface area contributed by atoms with Crippen molar-refractivity contribution < 1.29 is 9.32 Å². The number of urea groups is 1. The van der Waals surface area contributed by atoms with Crippen molar-refractivity contribution in [3.8, 4) is 11.4 Å². The Labute approximate surface area is 215 Å². The highest BCUT2D eigenvalue weighted by molar-refractivity contribution is 7.98. The molecule has 1 unspecified atom stereocenters. The van der Waals surface area contributed by atoms with E-state index in [9.17, 15) is 4.79 Å². The van der Waals surface area contributed by atoms with E-state index in [1.54, 1.807) is 16.7 Å². The molecule has 0 bridgehead atoms. The molecule has 7 heteroatoms. The number of aromatic nitrogens is 2. The molecule has 36 heavy (non-hydrogen) atoms. The lowest BCUT2D eigenvalue weighted by molar-refractivity contribution is 0.244. The number of hydrogen-bond acceptors (Lipinski definition) is 5. The number of anilines is 1. The second-order valence-corrected chi connectivity index (χ2v) is 10.0. The van der Waals surface area contributed by atoms with Gasteiger partial charge in [0.25, 0.3) is 5.89 Å². The first-order valence-electron chi connectivity index (χ1n) is 11.8. The van der Waals surface area contributed by atoms with Crippen LogP contribution in [0.1, 0.15) is 41.1 Å². The molecule has 4 aromatic rings. The van der Waals surface area contributed by atoms with Crippen LogP contribution in [-0.4, -0.2) is 22.4 Å². The zero-order valence-electron chi connectivity index (χ0n) is 21.0. The summed E-state index contributed by atoms with van der Waals surface area (Å²) in [5.74, 6) is 0.901. The lowest BCUT2D eigenvalue weighted by Crippen LogP contribution is -2.46. The summed E-state index contributed by atoms with van der Waals surface area (Å²) in [5.41, 5.74) is 7.45. The van der Waals surface area contributed by atoms with Gasteiger partial charge in [0.15, 0.2) is 0 Å². The van der Waals surface area contributed by atoms with Crippen molar-refractivity contribution in [2.45, 2.75) is 38.6 Å². The molecular formula is C29H28N4O2S. The Bertz CT molecular complexity index is 1450. The molecule has 1 aromatic heterocycles. The molecule has 1 N–H and O–H groups in total. The summed E-state index contributed by atoms with van der Waals surface area (Å²) >= 11 is 1.68. The van der Waals surface area contributed by atoms with E-state index in [1.165, 1.54) is 0 Å². The lowest BCUT2D eigenvalue weighted by atomic mass is 9.94. The zero-order chi connectivity index (χ0) is 25.4. The maximum atomic E-state index is 13.5. The Morgan fingerprint density at radius 3 is 2.31 bits per heavy atom. The molecule has 0 fully saturated rings. The number of amides is 2. The second-order valence-electron chi connectivity index (χ2n) is 9.13. The summed E-state index contributed by atoms with van der Waals surface area (Å²) in [6.07, 6.45) is 2.04. The number of hydrogen-bond donors (Lipinski definition) is 1. The maximum Gasteiger partial charge on any atom is 0.326 e. The van der Waals surface area contributed by atoms with E-state index in [0.717, 1.165) is 49.7 Å². The van der Waals surface area contributed by atoms with Gasteiger partial charge in [-0.15, -0.1) is 11.8 Å². The number of benzene rings is 3. The van der Waals surface area contributed by atoms with Gasteiger partial charge in [-0.25, -0.2) is 4.79 Å². The third kappa shape index (κ3) is 4.54. The topological polar surface area (TPSA) is 71.3 Å². The molecule has 1 aliphatic rings. The van der Waals surface area contributed by atoms with E-state index in [0.29, 0.717) is 11.7 Å². The molecule has 1 atom stereocenters. The van der Waals surface area contributed by atoms with Crippen LogP contribution in [0, 0.1) is 20.8 Å². The number of carbonyl (C=O) groups excluding carboxylic acids is 1. The molecule has 2 amide bonds. The number of allylic oxidation sites excluding steroid dienone is 1. The fraction of sp³-hybridized carbons (Fsp3) is 0.207. The summed E-state index contributed by atoms with van der Waals surface area (Å²) in [7, 11) is 0. The van der Waals surface area contributed by atoms with Crippen LogP contribution in [-0.2, 0) is 0 Å². The van der Waals surface area contributed by atoms with Crippen molar-refractivity contribution in [1.82, 2.24) is 15.5 Å². The zero-order valence-corrected chi connectivity index (χ0v) is 21.8. The van der Waals surface area contributed by atoms with Crippen LogP contribution in [0.15, 0.2) is 81.8 Å². The fourth-order valence-corrected chi connectivity index (χ4v) is 5.10. The van der Waals surface area contributed by atoms with Crippen LogP contribution < -0.4 is 10.2 Å². The molecule has 5 rings (SSSR count). The van der Waals surface area contributed by atoms with E-state index in [4.69, 9.17) is 9.51 Å². The van der Waals surface area contributed by atoms with Crippen molar-refractivity contribution in [3.05, 3.63) is 101 Å². The monoisotopic (exact) mass is 496 g/mol. The van der Waals surface area contributed by atoms with E-state index in [1.807, 2.05) is 82.5 Å². The molecule has 6 nitrogen and oxygen atoms in total.